The molecular weight excluding hydrogens is 212 g/mol. The van der Waals surface area contributed by atoms with Crippen molar-refractivity contribution in [1.82, 2.24) is 0 Å². The zero-order valence-corrected chi connectivity index (χ0v) is 7.49. The van der Waals surface area contributed by atoms with Gasteiger partial charge in [-0.25, -0.2) is 9.18 Å². The Balaban J connectivity index is 3.43. The molecule has 7 heteroatoms. The number of ether oxygens (including phenoxy) is 1. The normalized spacial score (nSPS) is 9.80. The molecule has 0 amide bonds. The number of benzene rings is 1. The number of rotatable bonds is 2. The van der Waals surface area contributed by atoms with Gasteiger partial charge in [-0.05, 0) is 6.07 Å². The van der Waals surface area contributed by atoms with Crippen molar-refractivity contribution < 1.29 is 23.2 Å². The lowest BCUT2D eigenvalue weighted by Gasteiger charge is -2.02. The molecule has 1 aromatic carbocycles. The van der Waals surface area contributed by atoms with E-state index in [1.54, 1.807) is 0 Å². The Morgan fingerprint density at radius 3 is 2.53 bits per heavy atom. The van der Waals surface area contributed by atoms with Gasteiger partial charge < -0.3 is 4.74 Å². The highest BCUT2D eigenvalue weighted by molar-refractivity contribution is 5.90. The molecule has 0 aromatic heterocycles. The molecule has 0 bridgehead atoms. The summed E-state index contributed by atoms with van der Waals surface area (Å²) in [5.41, 5.74) is -2.04. The molecule has 0 fully saturated rings. The minimum atomic E-state index is -1.54. The molecule has 0 spiro atoms. The van der Waals surface area contributed by atoms with Gasteiger partial charge in [-0.1, -0.05) is 0 Å². The molecule has 1 rings (SSSR count). The summed E-state index contributed by atoms with van der Waals surface area (Å²) in [4.78, 5) is 20.1. The zero-order valence-electron chi connectivity index (χ0n) is 7.49. The fourth-order valence-electron chi connectivity index (χ4n) is 0.972. The van der Waals surface area contributed by atoms with Crippen LogP contribution in [0.1, 0.15) is 10.4 Å². The van der Waals surface area contributed by atoms with Crippen LogP contribution in [0.4, 0.5) is 14.5 Å². The van der Waals surface area contributed by atoms with Gasteiger partial charge in [0.25, 0.3) is 0 Å². The van der Waals surface area contributed by atoms with Gasteiger partial charge in [-0.2, -0.15) is 4.39 Å². The van der Waals surface area contributed by atoms with E-state index in [4.69, 9.17) is 0 Å². The lowest BCUT2D eigenvalue weighted by atomic mass is 10.1. The fraction of sp³-hybridized carbons (Fsp3) is 0.125. The van der Waals surface area contributed by atoms with Gasteiger partial charge in [0, 0.05) is 6.07 Å². The lowest BCUT2D eigenvalue weighted by Crippen LogP contribution is -2.09. The highest BCUT2D eigenvalue weighted by atomic mass is 19.1. The van der Waals surface area contributed by atoms with Gasteiger partial charge in [0.2, 0.25) is 5.82 Å². The monoisotopic (exact) mass is 217 g/mol. The summed E-state index contributed by atoms with van der Waals surface area (Å²) in [5.74, 6) is -4.04. The summed E-state index contributed by atoms with van der Waals surface area (Å²) in [6.07, 6.45) is 0. The van der Waals surface area contributed by atoms with E-state index in [-0.39, 0.29) is 0 Å². The highest BCUT2D eigenvalue weighted by Gasteiger charge is 2.26. The number of halogens is 2. The Bertz CT molecular complexity index is 433. The van der Waals surface area contributed by atoms with Crippen LogP contribution in [0.5, 0.6) is 0 Å². The standard InChI is InChI=1S/C8H5F2NO4/c1-15-8(12)6-4(9)2-3-5(7(6)10)11(13)14/h2-3H,1H3. The number of esters is 1. The third-order valence-corrected chi connectivity index (χ3v) is 1.66. The van der Waals surface area contributed by atoms with Crippen molar-refractivity contribution in [3.8, 4) is 0 Å². The average molecular weight is 217 g/mol. The highest BCUT2D eigenvalue weighted by Crippen LogP contribution is 2.23. The maximum atomic E-state index is 13.2. The molecule has 0 unspecified atom stereocenters. The van der Waals surface area contributed by atoms with Crippen molar-refractivity contribution in [2.24, 2.45) is 0 Å². The fourth-order valence-corrected chi connectivity index (χ4v) is 0.972. The molecular formula is C8H5F2NO4. The summed E-state index contributed by atoms with van der Waals surface area (Å²) >= 11 is 0. The molecule has 15 heavy (non-hydrogen) atoms. The third kappa shape index (κ3) is 1.90. The minimum absolute atomic E-state index is 0.632. The van der Waals surface area contributed by atoms with Crippen molar-refractivity contribution in [3.63, 3.8) is 0 Å². The largest absolute Gasteiger partial charge is 0.465 e. The van der Waals surface area contributed by atoms with Gasteiger partial charge in [-0.15, -0.1) is 0 Å². The second-order valence-corrected chi connectivity index (χ2v) is 2.50. The van der Waals surface area contributed by atoms with E-state index in [9.17, 15) is 23.7 Å². The van der Waals surface area contributed by atoms with Gasteiger partial charge in [-0.3, -0.25) is 10.1 Å². The van der Waals surface area contributed by atoms with Gasteiger partial charge >= 0.3 is 11.7 Å². The molecule has 5 nitrogen and oxygen atoms in total. The van der Waals surface area contributed by atoms with Crippen molar-refractivity contribution in [2.45, 2.75) is 0 Å². The Kier molecular flexibility index (Phi) is 2.93. The molecule has 0 N–H and O–H groups in total. The van der Waals surface area contributed by atoms with Crippen LogP contribution < -0.4 is 0 Å². The number of nitrogens with zero attached hydrogens (tertiary/aromatic N) is 1. The average Bonchev–Trinajstić information content (AvgIpc) is 2.16. The molecule has 0 saturated carbocycles. The summed E-state index contributed by atoms with van der Waals surface area (Å²) in [5, 5.41) is 10.3. The van der Waals surface area contributed by atoms with Crippen LogP contribution in [0.25, 0.3) is 0 Å². The molecule has 1 aromatic rings. The van der Waals surface area contributed by atoms with Crippen LogP contribution in [-0.2, 0) is 4.74 Å². The molecule has 0 atom stereocenters. The maximum Gasteiger partial charge on any atom is 0.344 e. The van der Waals surface area contributed by atoms with Crippen LogP contribution in [0.2, 0.25) is 0 Å². The predicted octanol–water partition coefficient (Wildman–Crippen LogP) is 1.66. The molecule has 0 aliphatic heterocycles. The first-order valence-electron chi connectivity index (χ1n) is 3.69. The quantitative estimate of drug-likeness (QED) is 0.429. The second kappa shape index (κ2) is 3.99. The Labute approximate surface area is 82.4 Å². The first-order valence-corrected chi connectivity index (χ1v) is 3.69. The van der Waals surface area contributed by atoms with Crippen LogP contribution in [0, 0.1) is 21.7 Å². The van der Waals surface area contributed by atoms with E-state index >= 15 is 0 Å². The lowest BCUT2D eigenvalue weighted by molar-refractivity contribution is -0.387. The first-order chi connectivity index (χ1) is 6.99. The number of hydrogen-bond donors (Lipinski definition) is 0. The van der Waals surface area contributed by atoms with E-state index in [1.165, 1.54) is 0 Å². The van der Waals surface area contributed by atoms with Crippen molar-refractivity contribution in [1.29, 1.82) is 0 Å². The third-order valence-electron chi connectivity index (χ3n) is 1.66. The number of carbonyl (C=O) groups excluding carboxylic acids is 1. The number of methoxy groups -OCH3 is 1. The Morgan fingerprint density at radius 2 is 2.07 bits per heavy atom. The molecule has 0 aliphatic rings. The Hall–Kier alpha value is -2.05. The maximum absolute atomic E-state index is 13.2. The zero-order chi connectivity index (χ0) is 11.6. The van der Waals surface area contributed by atoms with Crippen LogP contribution >= 0.6 is 0 Å². The predicted molar refractivity (Wildman–Crippen MR) is 44.4 cm³/mol. The van der Waals surface area contributed by atoms with E-state index in [0.717, 1.165) is 7.11 Å². The van der Waals surface area contributed by atoms with Crippen molar-refractivity contribution >= 4 is 11.7 Å². The van der Waals surface area contributed by atoms with E-state index < -0.39 is 33.8 Å². The molecule has 0 radical (unpaired) electrons. The van der Waals surface area contributed by atoms with Crippen LogP contribution in [0.3, 0.4) is 0 Å². The minimum Gasteiger partial charge on any atom is -0.465 e. The number of nitro benzene ring substituents is 1. The molecule has 0 saturated heterocycles. The Morgan fingerprint density at radius 1 is 1.47 bits per heavy atom. The molecule has 80 valence electrons. The summed E-state index contributed by atoms with van der Waals surface area (Å²) < 4.78 is 30.3. The van der Waals surface area contributed by atoms with Gasteiger partial charge in [0.1, 0.15) is 11.4 Å². The summed E-state index contributed by atoms with van der Waals surface area (Å²) in [7, 11) is 0.917. The van der Waals surface area contributed by atoms with E-state index in [0.29, 0.717) is 12.1 Å². The number of nitro groups is 1. The van der Waals surface area contributed by atoms with Gasteiger partial charge in [0.05, 0.1) is 12.0 Å². The first kappa shape index (κ1) is 11.0. The number of hydrogen-bond acceptors (Lipinski definition) is 4. The summed E-state index contributed by atoms with van der Waals surface area (Å²) in [6, 6.07) is 1.27. The second-order valence-electron chi connectivity index (χ2n) is 2.50. The van der Waals surface area contributed by atoms with Crippen LogP contribution in [-0.4, -0.2) is 18.0 Å². The van der Waals surface area contributed by atoms with E-state index in [2.05, 4.69) is 4.74 Å². The number of carbonyl (C=O) groups is 1. The SMILES string of the molecule is COC(=O)c1c(F)ccc([N+](=O)[O-])c1F. The molecule has 0 heterocycles. The topological polar surface area (TPSA) is 69.4 Å². The summed E-state index contributed by atoms with van der Waals surface area (Å²) in [6.45, 7) is 0. The van der Waals surface area contributed by atoms with Gasteiger partial charge in [0.15, 0.2) is 0 Å². The van der Waals surface area contributed by atoms with Crippen LogP contribution in [0.15, 0.2) is 12.1 Å². The van der Waals surface area contributed by atoms with Crippen molar-refractivity contribution in [3.05, 3.63) is 39.4 Å². The molecule has 0 aliphatic carbocycles. The van der Waals surface area contributed by atoms with E-state index in [1.807, 2.05) is 0 Å². The van der Waals surface area contributed by atoms with Crippen molar-refractivity contribution in [2.75, 3.05) is 7.11 Å². The smallest absolute Gasteiger partial charge is 0.344 e.